The van der Waals surface area contributed by atoms with Gasteiger partial charge in [-0.25, -0.2) is 4.98 Å². The predicted molar refractivity (Wildman–Crippen MR) is 71.2 cm³/mol. The highest BCUT2D eigenvalue weighted by Crippen LogP contribution is 2.40. The van der Waals surface area contributed by atoms with Gasteiger partial charge in [0, 0.05) is 12.7 Å². The predicted octanol–water partition coefficient (Wildman–Crippen LogP) is 3.48. The minimum atomic E-state index is 0.498. The van der Waals surface area contributed by atoms with Crippen LogP contribution in [0.4, 0.5) is 5.82 Å². The van der Waals surface area contributed by atoms with Crippen LogP contribution in [0, 0.1) is 19.3 Å². The van der Waals surface area contributed by atoms with E-state index in [4.69, 9.17) is 0 Å². The summed E-state index contributed by atoms with van der Waals surface area (Å²) in [5.74, 6) is 0.963. The molecule has 0 saturated heterocycles. The van der Waals surface area contributed by atoms with Crippen molar-refractivity contribution in [3.63, 3.8) is 0 Å². The number of aromatic nitrogens is 2. The van der Waals surface area contributed by atoms with Crippen LogP contribution in [0.2, 0.25) is 0 Å². The van der Waals surface area contributed by atoms with Crippen LogP contribution in [0.1, 0.15) is 50.4 Å². The Balaban J connectivity index is 2.03. The third-order valence-electron chi connectivity index (χ3n) is 4.12. The number of nitrogens with one attached hydrogen (secondary N) is 1. The Morgan fingerprint density at radius 2 is 2.00 bits per heavy atom. The first-order chi connectivity index (χ1) is 8.15. The molecule has 0 bridgehead atoms. The summed E-state index contributed by atoms with van der Waals surface area (Å²) in [4.78, 5) is 8.87. The minimum Gasteiger partial charge on any atom is -0.368 e. The molecule has 1 aromatic rings. The summed E-state index contributed by atoms with van der Waals surface area (Å²) in [5.41, 5.74) is 2.48. The molecule has 3 nitrogen and oxygen atoms in total. The van der Waals surface area contributed by atoms with Gasteiger partial charge in [-0.2, -0.15) is 0 Å². The molecule has 1 N–H and O–H groups in total. The average Bonchev–Trinajstić information content (AvgIpc) is 2.80. The number of anilines is 1. The van der Waals surface area contributed by atoms with Gasteiger partial charge < -0.3 is 5.32 Å². The Kier molecular flexibility index (Phi) is 3.65. The first-order valence-corrected chi connectivity index (χ1v) is 6.69. The Bertz CT molecular complexity index is 381. The normalized spacial score (nSPS) is 18.3. The fraction of sp³-hybridized carbons (Fsp3) is 0.714. The lowest BCUT2D eigenvalue weighted by molar-refractivity contribution is 0.306. The molecule has 1 aliphatic rings. The van der Waals surface area contributed by atoms with Crippen LogP contribution < -0.4 is 5.32 Å². The van der Waals surface area contributed by atoms with Crippen LogP contribution >= 0.6 is 0 Å². The van der Waals surface area contributed by atoms with Crippen molar-refractivity contribution in [2.24, 2.45) is 5.41 Å². The Morgan fingerprint density at radius 3 is 2.65 bits per heavy atom. The lowest BCUT2D eigenvalue weighted by atomic mass is 9.83. The smallest absolute Gasteiger partial charge is 0.147 e. The van der Waals surface area contributed by atoms with Gasteiger partial charge in [-0.1, -0.05) is 19.8 Å². The maximum absolute atomic E-state index is 4.53. The molecule has 3 heteroatoms. The van der Waals surface area contributed by atoms with Crippen molar-refractivity contribution < 1.29 is 0 Å². The summed E-state index contributed by atoms with van der Waals surface area (Å²) >= 11 is 0. The SMILES string of the molecule is CCC1(CNc2nc(C)cnc2C)CCCC1. The molecule has 0 unspecified atom stereocenters. The summed E-state index contributed by atoms with van der Waals surface area (Å²) < 4.78 is 0. The topological polar surface area (TPSA) is 37.8 Å². The molecular formula is C14H23N3. The van der Waals surface area contributed by atoms with E-state index >= 15 is 0 Å². The van der Waals surface area contributed by atoms with E-state index in [1.165, 1.54) is 32.1 Å². The van der Waals surface area contributed by atoms with E-state index in [1.807, 2.05) is 20.0 Å². The van der Waals surface area contributed by atoms with E-state index in [0.29, 0.717) is 5.41 Å². The molecule has 17 heavy (non-hydrogen) atoms. The summed E-state index contributed by atoms with van der Waals surface area (Å²) in [7, 11) is 0. The van der Waals surface area contributed by atoms with Gasteiger partial charge in [-0.15, -0.1) is 0 Å². The highest BCUT2D eigenvalue weighted by Gasteiger charge is 2.31. The molecule has 0 spiro atoms. The van der Waals surface area contributed by atoms with Crippen LogP contribution in [0.3, 0.4) is 0 Å². The van der Waals surface area contributed by atoms with Crippen molar-refractivity contribution in [1.82, 2.24) is 9.97 Å². The van der Waals surface area contributed by atoms with Gasteiger partial charge in [-0.05, 0) is 38.5 Å². The molecule has 0 amide bonds. The van der Waals surface area contributed by atoms with Gasteiger partial charge in [0.15, 0.2) is 0 Å². The molecule has 0 radical (unpaired) electrons. The number of rotatable bonds is 4. The molecular weight excluding hydrogens is 210 g/mol. The van der Waals surface area contributed by atoms with Gasteiger partial charge in [0.2, 0.25) is 0 Å². The zero-order chi connectivity index (χ0) is 12.3. The van der Waals surface area contributed by atoms with E-state index in [1.54, 1.807) is 0 Å². The van der Waals surface area contributed by atoms with Crippen molar-refractivity contribution in [2.45, 2.75) is 52.9 Å². The fourth-order valence-electron chi connectivity index (χ4n) is 2.76. The highest BCUT2D eigenvalue weighted by atomic mass is 15.0. The standard InChI is InChI=1S/C14H23N3/c1-4-14(7-5-6-8-14)10-16-13-12(3)15-9-11(2)17-13/h9H,4-8,10H2,1-3H3,(H,16,17). The van der Waals surface area contributed by atoms with Crippen molar-refractivity contribution >= 4 is 5.82 Å². The lowest BCUT2D eigenvalue weighted by Crippen LogP contribution is -2.26. The Hall–Kier alpha value is -1.12. The summed E-state index contributed by atoms with van der Waals surface area (Å²) in [6.45, 7) is 7.36. The van der Waals surface area contributed by atoms with Crippen LogP contribution in [-0.4, -0.2) is 16.5 Å². The molecule has 1 saturated carbocycles. The van der Waals surface area contributed by atoms with E-state index in [0.717, 1.165) is 23.8 Å². The van der Waals surface area contributed by atoms with Crippen molar-refractivity contribution in [2.75, 3.05) is 11.9 Å². The van der Waals surface area contributed by atoms with Gasteiger partial charge in [0.05, 0.1) is 11.4 Å². The van der Waals surface area contributed by atoms with Crippen molar-refractivity contribution in [3.05, 3.63) is 17.6 Å². The second-order valence-corrected chi connectivity index (χ2v) is 5.36. The zero-order valence-electron chi connectivity index (χ0n) is 11.2. The molecule has 0 aromatic carbocycles. The molecule has 1 heterocycles. The molecule has 0 aliphatic heterocycles. The highest BCUT2D eigenvalue weighted by molar-refractivity contribution is 5.39. The second kappa shape index (κ2) is 5.03. The molecule has 1 aliphatic carbocycles. The first-order valence-electron chi connectivity index (χ1n) is 6.69. The monoisotopic (exact) mass is 233 g/mol. The number of hydrogen-bond donors (Lipinski definition) is 1. The van der Waals surface area contributed by atoms with Gasteiger partial charge in [0.1, 0.15) is 5.82 Å². The molecule has 0 atom stereocenters. The molecule has 1 aromatic heterocycles. The maximum atomic E-state index is 4.53. The largest absolute Gasteiger partial charge is 0.368 e. The Labute approximate surface area is 104 Å². The average molecular weight is 233 g/mol. The minimum absolute atomic E-state index is 0.498. The first kappa shape index (κ1) is 12.3. The van der Waals surface area contributed by atoms with E-state index in [-0.39, 0.29) is 0 Å². The number of nitrogens with zero attached hydrogens (tertiary/aromatic N) is 2. The summed E-state index contributed by atoms with van der Waals surface area (Å²) in [6.07, 6.45) is 8.57. The van der Waals surface area contributed by atoms with Crippen LogP contribution in [0.25, 0.3) is 0 Å². The van der Waals surface area contributed by atoms with Crippen LogP contribution in [0.5, 0.6) is 0 Å². The Morgan fingerprint density at radius 1 is 1.29 bits per heavy atom. The lowest BCUT2D eigenvalue weighted by Gasteiger charge is -2.28. The quantitative estimate of drug-likeness (QED) is 0.865. The van der Waals surface area contributed by atoms with Gasteiger partial charge >= 0.3 is 0 Å². The second-order valence-electron chi connectivity index (χ2n) is 5.36. The number of hydrogen-bond acceptors (Lipinski definition) is 3. The van der Waals surface area contributed by atoms with Crippen LogP contribution in [-0.2, 0) is 0 Å². The fourth-order valence-corrected chi connectivity index (χ4v) is 2.76. The zero-order valence-corrected chi connectivity index (χ0v) is 11.2. The summed E-state index contributed by atoms with van der Waals surface area (Å²) in [6, 6.07) is 0. The van der Waals surface area contributed by atoms with Crippen molar-refractivity contribution in [1.29, 1.82) is 0 Å². The molecule has 1 fully saturated rings. The molecule has 2 rings (SSSR count). The third kappa shape index (κ3) is 2.76. The van der Waals surface area contributed by atoms with Crippen molar-refractivity contribution in [3.8, 4) is 0 Å². The van der Waals surface area contributed by atoms with Crippen LogP contribution in [0.15, 0.2) is 6.20 Å². The van der Waals surface area contributed by atoms with E-state index in [9.17, 15) is 0 Å². The molecule has 94 valence electrons. The third-order valence-corrected chi connectivity index (χ3v) is 4.12. The van der Waals surface area contributed by atoms with E-state index < -0.39 is 0 Å². The van der Waals surface area contributed by atoms with Gasteiger partial charge in [0.25, 0.3) is 0 Å². The van der Waals surface area contributed by atoms with Gasteiger partial charge in [-0.3, -0.25) is 4.98 Å². The number of aryl methyl sites for hydroxylation is 2. The van der Waals surface area contributed by atoms with E-state index in [2.05, 4.69) is 22.2 Å². The maximum Gasteiger partial charge on any atom is 0.147 e. The summed E-state index contributed by atoms with van der Waals surface area (Å²) in [5, 5.41) is 3.51.